The lowest BCUT2D eigenvalue weighted by Gasteiger charge is -2.22. The molecule has 7 nitrogen and oxygen atoms in total. The van der Waals surface area contributed by atoms with Gasteiger partial charge in [-0.05, 0) is 31.5 Å². The molecule has 0 unspecified atom stereocenters. The molecule has 0 aromatic heterocycles. The second-order valence-corrected chi connectivity index (χ2v) is 5.92. The van der Waals surface area contributed by atoms with Gasteiger partial charge < -0.3 is 26.0 Å². The first-order chi connectivity index (χ1) is 10.9. The molecule has 0 saturated carbocycles. The Bertz CT molecular complexity index is 596. The predicted octanol–water partition coefficient (Wildman–Crippen LogP) is 1.10. The fraction of sp³-hybridized carbons (Fsp3) is 0.467. The van der Waals surface area contributed by atoms with Crippen LogP contribution in [0.15, 0.2) is 18.2 Å². The number of nitrogens with two attached hydrogens (primary N) is 1. The van der Waals surface area contributed by atoms with Crippen LogP contribution >= 0.6 is 11.6 Å². The van der Waals surface area contributed by atoms with Crippen LogP contribution in [0.4, 0.5) is 10.5 Å². The van der Waals surface area contributed by atoms with E-state index in [9.17, 15) is 9.59 Å². The van der Waals surface area contributed by atoms with Gasteiger partial charge in [0.1, 0.15) is 11.8 Å². The summed E-state index contributed by atoms with van der Waals surface area (Å²) in [6, 6.07) is 4.05. The highest BCUT2D eigenvalue weighted by atomic mass is 35.5. The Labute approximate surface area is 140 Å². The van der Waals surface area contributed by atoms with Crippen molar-refractivity contribution < 1.29 is 14.3 Å². The first-order valence-corrected chi connectivity index (χ1v) is 7.73. The van der Waals surface area contributed by atoms with Crippen LogP contribution in [0.5, 0.6) is 5.75 Å². The Morgan fingerprint density at radius 2 is 2.22 bits per heavy atom. The number of anilines is 1. The second-order valence-electron chi connectivity index (χ2n) is 5.49. The number of hydrogen-bond donors (Lipinski definition) is 3. The van der Waals surface area contributed by atoms with E-state index in [1.165, 1.54) is 0 Å². The first kappa shape index (κ1) is 17.2. The number of carbonyl (C=O) groups excluding carboxylic acids is 2. The first-order valence-electron chi connectivity index (χ1n) is 7.35. The monoisotopic (exact) mass is 340 g/mol. The molecule has 1 aromatic carbocycles. The van der Waals surface area contributed by atoms with E-state index in [2.05, 4.69) is 15.5 Å². The minimum absolute atomic E-state index is 0.0108. The highest BCUT2D eigenvalue weighted by Gasteiger charge is 2.27. The van der Waals surface area contributed by atoms with Crippen LogP contribution in [0.1, 0.15) is 13.3 Å². The highest BCUT2D eigenvalue weighted by Crippen LogP contribution is 2.33. The zero-order valence-corrected chi connectivity index (χ0v) is 13.9. The second kappa shape index (κ2) is 7.41. The molecule has 8 heteroatoms. The van der Waals surface area contributed by atoms with E-state index in [0.29, 0.717) is 11.6 Å². The van der Waals surface area contributed by atoms with Gasteiger partial charge in [-0.3, -0.25) is 4.79 Å². The van der Waals surface area contributed by atoms with Gasteiger partial charge in [-0.15, -0.1) is 0 Å². The molecule has 2 atom stereocenters. The maximum absolute atomic E-state index is 12.0. The van der Waals surface area contributed by atoms with Gasteiger partial charge in [-0.25, -0.2) is 4.79 Å². The van der Waals surface area contributed by atoms with Gasteiger partial charge in [0.2, 0.25) is 5.91 Å². The molecular weight excluding hydrogens is 320 g/mol. The smallest absolute Gasteiger partial charge is 0.312 e. The lowest BCUT2D eigenvalue weighted by atomic mass is 10.2. The molecule has 0 bridgehead atoms. The third-order valence-corrected chi connectivity index (χ3v) is 4.00. The van der Waals surface area contributed by atoms with Crippen LogP contribution in [0.2, 0.25) is 5.02 Å². The Hall–Kier alpha value is -2.15. The summed E-state index contributed by atoms with van der Waals surface area (Å²) in [4.78, 5) is 24.9. The van der Waals surface area contributed by atoms with Crippen LogP contribution in [0.3, 0.4) is 0 Å². The molecule has 0 radical (unpaired) electrons. The Kier molecular flexibility index (Phi) is 5.54. The summed E-state index contributed by atoms with van der Waals surface area (Å²) in [5, 5.41) is 5.90. The van der Waals surface area contributed by atoms with Gasteiger partial charge in [0.15, 0.2) is 0 Å². The van der Waals surface area contributed by atoms with E-state index >= 15 is 0 Å². The van der Waals surface area contributed by atoms with E-state index in [4.69, 9.17) is 22.1 Å². The quantitative estimate of drug-likeness (QED) is 0.747. The Morgan fingerprint density at radius 1 is 1.48 bits per heavy atom. The topological polar surface area (TPSA) is 96.7 Å². The summed E-state index contributed by atoms with van der Waals surface area (Å²) in [6.45, 7) is 3.01. The average Bonchev–Trinajstić information content (AvgIpc) is 2.94. The molecule has 1 fully saturated rings. The van der Waals surface area contributed by atoms with Crippen molar-refractivity contribution >= 4 is 29.2 Å². The average molecular weight is 341 g/mol. The number of ether oxygens (including phenoxy) is 1. The molecule has 1 heterocycles. The molecule has 2 rings (SSSR count). The zero-order valence-electron chi connectivity index (χ0n) is 13.1. The summed E-state index contributed by atoms with van der Waals surface area (Å²) in [5.74, 6) is 0.485. The van der Waals surface area contributed by atoms with Gasteiger partial charge in [0.05, 0.1) is 12.8 Å². The normalized spacial score (nSPS) is 18.4. The minimum atomic E-state index is -0.718. The van der Waals surface area contributed by atoms with Gasteiger partial charge in [-0.1, -0.05) is 11.6 Å². The van der Waals surface area contributed by atoms with Crippen molar-refractivity contribution in [2.24, 2.45) is 5.73 Å². The van der Waals surface area contributed by atoms with Crippen LogP contribution in [-0.2, 0) is 4.79 Å². The molecule has 1 aliphatic rings. The fourth-order valence-electron chi connectivity index (χ4n) is 2.61. The number of halogens is 1. The fourth-order valence-corrected chi connectivity index (χ4v) is 2.78. The molecule has 126 valence electrons. The van der Waals surface area contributed by atoms with Crippen LogP contribution in [0.25, 0.3) is 0 Å². The van der Waals surface area contributed by atoms with Crippen molar-refractivity contribution in [3.63, 3.8) is 0 Å². The summed E-state index contributed by atoms with van der Waals surface area (Å²) in [6.07, 6.45) is 0.796. The van der Waals surface area contributed by atoms with Crippen molar-refractivity contribution in [3.05, 3.63) is 23.2 Å². The standard InChI is InChI=1S/C15H21ClN4O3/c1-9(18-15(17)22)14(21)19-11-5-6-20(8-11)12-7-10(16)3-4-13(12)23-2/h3-4,7,9,11H,5-6,8H2,1-2H3,(H,19,21)(H3,17,18,22)/t9-,11-/m0/s1. The Morgan fingerprint density at radius 3 is 2.87 bits per heavy atom. The summed E-state index contributed by atoms with van der Waals surface area (Å²) < 4.78 is 5.36. The highest BCUT2D eigenvalue weighted by molar-refractivity contribution is 6.30. The summed E-state index contributed by atoms with van der Waals surface area (Å²) in [7, 11) is 1.61. The number of rotatable bonds is 5. The van der Waals surface area contributed by atoms with Crippen LogP contribution in [-0.4, -0.2) is 44.2 Å². The molecular formula is C15H21ClN4O3. The maximum Gasteiger partial charge on any atom is 0.312 e. The number of carbonyl (C=O) groups is 2. The number of methoxy groups -OCH3 is 1. The minimum Gasteiger partial charge on any atom is -0.495 e. The van der Waals surface area contributed by atoms with Crippen molar-refractivity contribution in [2.75, 3.05) is 25.1 Å². The number of urea groups is 1. The van der Waals surface area contributed by atoms with E-state index in [1.807, 2.05) is 12.1 Å². The number of nitrogens with one attached hydrogen (secondary N) is 2. The third kappa shape index (κ3) is 4.41. The molecule has 4 N–H and O–H groups in total. The third-order valence-electron chi connectivity index (χ3n) is 3.77. The largest absolute Gasteiger partial charge is 0.495 e. The number of benzene rings is 1. The zero-order chi connectivity index (χ0) is 17.0. The van der Waals surface area contributed by atoms with Gasteiger partial charge in [0, 0.05) is 24.2 Å². The molecule has 1 aromatic rings. The summed E-state index contributed by atoms with van der Waals surface area (Å²) in [5.41, 5.74) is 5.92. The molecule has 1 aliphatic heterocycles. The lowest BCUT2D eigenvalue weighted by molar-refractivity contribution is -0.123. The van der Waals surface area contributed by atoms with Crippen LogP contribution in [0, 0.1) is 0 Å². The summed E-state index contributed by atoms with van der Waals surface area (Å²) >= 11 is 6.06. The van der Waals surface area contributed by atoms with E-state index < -0.39 is 12.1 Å². The predicted molar refractivity (Wildman–Crippen MR) is 88.9 cm³/mol. The van der Waals surface area contributed by atoms with Gasteiger partial charge >= 0.3 is 6.03 Å². The number of hydrogen-bond acceptors (Lipinski definition) is 4. The van der Waals surface area contributed by atoms with E-state index in [1.54, 1.807) is 20.1 Å². The SMILES string of the molecule is COc1ccc(Cl)cc1N1CC[C@H](NC(=O)[C@H](C)NC(N)=O)C1. The van der Waals surface area contributed by atoms with E-state index in [0.717, 1.165) is 24.4 Å². The van der Waals surface area contributed by atoms with Gasteiger partial charge in [0.25, 0.3) is 0 Å². The van der Waals surface area contributed by atoms with Crippen LogP contribution < -0.4 is 26.0 Å². The molecule has 0 spiro atoms. The van der Waals surface area contributed by atoms with Crippen molar-refractivity contribution in [3.8, 4) is 5.75 Å². The number of nitrogens with zero attached hydrogens (tertiary/aromatic N) is 1. The molecule has 23 heavy (non-hydrogen) atoms. The van der Waals surface area contributed by atoms with E-state index in [-0.39, 0.29) is 11.9 Å². The number of primary amides is 1. The molecule has 3 amide bonds. The molecule has 1 saturated heterocycles. The molecule has 0 aliphatic carbocycles. The van der Waals surface area contributed by atoms with Crippen molar-refractivity contribution in [1.29, 1.82) is 0 Å². The van der Waals surface area contributed by atoms with Gasteiger partial charge in [-0.2, -0.15) is 0 Å². The van der Waals surface area contributed by atoms with Crippen molar-refractivity contribution in [1.82, 2.24) is 10.6 Å². The van der Waals surface area contributed by atoms with Crippen molar-refractivity contribution in [2.45, 2.75) is 25.4 Å². The Balaban J connectivity index is 1.97. The number of amides is 3. The maximum atomic E-state index is 12.0. The lowest BCUT2D eigenvalue weighted by Crippen LogP contribution is -2.50.